The van der Waals surface area contributed by atoms with E-state index >= 15 is 0 Å². The van der Waals surface area contributed by atoms with Crippen molar-refractivity contribution in [2.75, 3.05) is 20.3 Å². The number of aliphatic hydroxyl groups excluding tert-OH is 8. The van der Waals surface area contributed by atoms with Gasteiger partial charge in [-0.05, 0) is 18.2 Å². The second-order valence-electron chi connectivity index (χ2n) is 9.81. The first-order valence-electron chi connectivity index (χ1n) is 13.1. The van der Waals surface area contributed by atoms with Crippen molar-refractivity contribution in [3.8, 4) is 23.0 Å². The van der Waals surface area contributed by atoms with E-state index in [-0.39, 0.29) is 22.8 Å². The number of aromatic hydroxyl groups is 1. The summed E-state index contributed by atoms with van der Waals surface area (Å²) in [6.45, 7) is -1.79. The molecule has 9 N–H and O–H groups in total. The van der Waals surface area contributed by atoms with Crippen LogP contribution < -0.4 is 14.2 Å². The lowest BCUT2D eigenvalue weighted by molar-refractivity contribution is -0.277. The summed E-state index contributed by atoms with van der Waals surface area (Å²) in [7, 11) is 1.16. The van der Waals surface area contributed by atoms with Crippen LogP contribution >= 0.6 is 0 Å². The summed E-state index contributed by atoms with van der Waals surface area (Å²) >= 11 is 0. The Morgan fingerprint density at radius 3 is 1.81 bits per heavy atom. The lowest BCUT2D eigenvalue weighted by Gasteiger charge is -2.39. The van der Waals surface area contributed by atoms with Gasteiger partial charge in [0, 0.05) is 5.56 Å². The molecule has 4 rings (SSSR count). The molecule has 16 nitrogen and oxygen atoms in total. The van der Waals surface area contributed by atoms with Gasteiger partial charge in [0.1, 0.15) is 72.5 Å². The van der Waals surface area contributed by atoms with Crippen LogP contribution in [0.5, 0.6) is 23.0 Å². The molecule has 0 bridgehead atoms. The van der Waals surface area contributed by atoms with Crippen LogP contribution in [0.25, 0.3) is 0 Å². The summed E-state index contributed by atoms with van der Waals surface area (Å²) < 4.78 is 32.6. The SMILES string of the molecule is COc1c(O[C@@H]2O[C@@H](CO)[C@@H](O)[C@@H](O)[C@H]2O)ccc(O)c1C(=O)OCc1ccccc1O[C@@H]1O[C@H](CO)[C@@H](O)[C@H](O)[C@H]1O. The van der Waals surface area contributed by atoms with Gasteiger partial charge >= 0.3 is 5.97 Å². The molecule has 2 aliphatic heterocycles. The molecule has 0 unspecified atom stereocenters. The largest absolute Gasteiger partial charge is 0.507 e. The zero-order valence-corrected chi connectivity index (χ0v) is 22.7. The maximum atomic E-state index is 13.1. The zero-order chi connectivity index (χ0) is 31.4. The number of rotatable bonds is 10. The van der Waals surface area contributed by atoms with Crippen LogP contribution in [0.4, 0.5) is 0 Å². The number of aliphatic hydroxyl groups is 8. The van der Waals surface area contributed by atoms with Crippen molar-refractivity contribution in [1.29, 1.82) is 0 Å². The molecule has 0 spiro atoms. The Labute approximate surface area is 244 Å². The predicted octanol–water partition coefficient (Wildman–Crippen LogP) is -2.88. The van der Waals surface area contributed by atoms with E-state index in [0.29, 0.717) is 0 Å². The molecule has 2 fully saturated rings. The molecule has 238 valence electrons. The number of hydrogen-bond donors (Lipinski definition) is 9. The molecular weight excluding hydrogens is 580 g/mol. The van der Waals surface area contributed by atoms with Crippen LogP contribution in [-0.4, -0.2) is 134 Å². The molecule has 10 atom stereocenters. The summed E-state index contributed by atoms with van der Waals surface area (Å²) in [6, 6.07) is 8.40. The van der Waals surface area contributed by atoms with Gasteiger partial charge in [0.2, 0.25) is 12.6 Å². The molecule has 43 heavy (non-hydrogen) atoms. The summed E-state index contributed by atoms with van der Waals surface area (Å²) in [6.07, 6.45) is -15.6. The topological polar surface area (TPSA) is 255 Å². The fourth-order valence-electron chi connectivity index (χ4n) is 4.58. The van der Waals surface area contributed by atoms with Crippen LogP contribution in [0.2, 0.25) is 0 Å². The minimum atomic E-state index is -1.76. The molecule has 2 aromatic rings. The van der Waals surface area contributed by atoms with Crippen molar-refractivity contribution in [3.63, 3.8) is 0 Å². The second-order valence-corrected chi connectivity index (χ2v) is 9.81. The van der Waals surface area contributed by atoms with Gasteiger partial charge in [-0.2, -0.15) is 0 Å². The molecular formula is C27H34O16. The number of hydrogen-bond acceptors (Lipinski definition) is 16. The average molecular weight is 615 g/mol. The van der Waals surface area contributed by atoms with Crippen LogP contribution in [-0.2, 0) is 20.8 Å². The van der Waals surface area contributed by atoms with Crippen LogP contribution in [0.1, 0.15) is 15.9 Å². The standard InChI is InChI=1S/C27H34O16/c1-38-24-14(41-27-23(36)21(34)19(32)16(9-29)43-27)7-6-12(30)17(24)25(37)39-10-11-4-2-3-5-13(11)40-26-22(35)20(33)18(31)15(8-28)42-26/h2-7,15-16,18-23,26-36H,8-10H2,1H3/t15-,16+,18-,19-,20+,21-,22-,23-,26-,27-/m1/s1. The average Bonchev–Trinajstić information content (AvgIpc) is 3.01. The van der Waals surface area contributed by atoms with Gasteiger partial charge in [0.05, 0.1) is 20.3 Å². The van der Waals surface area contributed by atoms with Crippen molar-refractivity contribution < 1.29 is 79.2 Å². The summed E-state index contributed by atoms with van der Waals surface area (Å²) in [5.41, 5.74) is -0.211. The fourth-order valence-corrected chi connectivity index (χ4v) is 4.58. The fraction of sp³-hybridized carbons (Fsp3) is 0.519. The van der Waals surface area contributed by atoms with Gasteiger partial charge < -0.3 is 74.4 Å². The van der Waals surface area contributed by atoms with E-state index in [4.69, 9.17) is 28.4 Å². The van der Waals surface area contributed by atoms with Gasteiger partial charge in [-0.3, -0.25) is 0 Å². The monoisotopic (exact) mass is 614 g/mol. The Morgan fingerprint density at radius 1 is 0.744 bits per heavy atom. The van der Waals surface area contributed by atoms with E-state index in [9.17, 15) is 50.8 Å². The van der Waals surface area contributed by atoms with Gasteiger partial charge in [-0.15, -0.1) is 0 Å². The maximum Gasteiger partial charge on any atom is 0.346 e. The van der Waals surface area contributed by atoms with Gasteiger partial charge in [0.15, 0.2) is 11.5 Å². The summed E-state index contributed by atoms with van der Waals surface area (Å²) in [5, 5.41) is 90.0. The Morgan fingerprint density at radius 2 is 1.28 bits per heavy atom. The molecule has 0 saturated carbocycles. The van der Waals surface area contributed by atoms with E-state index in [1.54, 1.807) is 12.1 Å². The van der Waals surface area contributed by atoms with E-state index in [1.165, 1.54) is 18.2 Å². The minimum absolute atomic E-state index is 0.0653. The number of para-hydroxylation sites is 1. The molecule has 0 aromatic heterocycles. The number of methoxy groups -OCH3 is 1. The number of ether oxygens (including phenoxy) is 6. The second kappa shape index (κ2) is 14.0. The van der Waals surface area contributed by atoms with E-state index in [2.05, 4.69) is 0 Å². The number of carbonyl (C=O) groups is 1. The lowest BCUT2D eigenvalue weighted by atomic mass is 9.99. The van der Waals surface area contributed by atoms with Crippen molar-refractivity contribution in [3.05, 3.63) is 47.5 Å². The van der Waals surface area contributed by atoms with Gasteiger partial charge in [-0.25, -0.2) is 4.79 Å². The first kappa shape index (κ1) is 32.6. The molecule has 2 aromatic carbocycles. The predicted molar refractivity (Wildman–Crippen MR) is 139 cm³/mol. The third kappa shape index (κ3) is 6.78. The molecule has 0 radical (unpaired) electrons. The van der Waals surface area contributed by atoms with Crippen LogP contribution in [0.3, 0.4) is 0 Å². The number of phenols is 1. The van der Waals surface area contributed by atoms with Crippen molar-refractivity contribution >= 4 is 5.97 Å². The van der Waals surface area contributed by atoms with Crippen molar-refractivity contribution in [1.82, 2.24) is 0 Å². The maximum absolute atomic E-state index is 13.1. The molecule has 0 aliphatic carbocycles. The highest BCUT2D eigenvalue weighted by molar-refractivity contribution is 5.96. The summed E-state index contributed by atoms with van der Waals surface area (Å²) in [4.78, 5) is 13.1. The van der Waals surface area contributed by atoms with Crippen LogP contribution in [0.15, 0.2) is 36.4 Å². The first-order chi connectivity index (χ1) is 20.5. The lowest BCUT2D eigenvalue weighted by Crippen LogP contribution is -2.60. The highest BCUT2D eigenvalue weighted by Crippen LogP contribution is 2.39. The smallest absolute Gasteiger partial charge is 0.346 e. The van der Waals surface area contributed by atoms with Crippen molar-refractivity contribution in [2.45, 2.75) is 68.0 Å². The van der Waals surface area contributed by atoms with E-state index in [0.717, 1.165) is 13.2 Å². The minimum Gasteiger partial charge on any atom is -0.507 e. The Bertz CT molecular complexity index is 1240. The Hall–Kier alpha value is -3.29. The number of esters is 1. The molecule has 0 amide bonds. The normalized spacial score (nSPS) is 32.6. The number of phenolic OH excluding ortho intramolecular Hbond substituents is 1. The van der Waals surface area contributed by atoms with E-state index < -0.39 is 98.5 Å². The molecule has 2 aliphatic rings. The first-order valence-corrected chi connectivity index (χ1v) is 13.1. The van der Waals surface area contributed by atoms with Gasteiger partial charge in [0.25, 0.3) is 0 Å². The number of carbonyl (C=O) groups excluding carboxylic acids is 1. The third-order valence-corrected chi connectivity index (χ3v) is 7.02. The third-order valence-electron chi connectivity index (χ3n) is 7.02. The zero-order valence-electron chi connectivity index (χ0n) is 22.7. The van der Waals surface area contributed by atoms with Crippen LogP contribution in [0, 0.1) is 0 Å². The van der Waals surface area contributed by atoms with Gasteiger partial charge in [-0.1, -0.05) is 18.2 Å². The molecule has 2 heterocycles. The Kier molecular flexibility index (Phi) is 10.6. The Balaban J connectivity index is 1.50. The quantitative estimate of drug-likeness (QED) is 0.122. The van der Waals surface area contributed by atoms with E-state index in [1.807, 2.05) is 0 Å². The van der Waals surface area contributed by atoms with Crippen molar-refractivity contribution in [2.24, 2.45) is 0 Å². The highest BCUT2D eigenvalue weighted by Gasteiger charge is 2.46. The summed E-state index contributed by atoms with van der Waals surface area (Å²) in [5.74, 6) is -2.13. The highest BCUT2D eigenvalue weighted by atomic mass is 16.7. The molecule has 2 saturated heterocycles. The molecule has 16 heteroatoms. The number of benzene rings is 2.